The largest absolute Gasteiger partial charge is 0.497 e. The summed E-state index contributed by atoms with van der Waals surface area (Å²) in [5.41, 5.74) is 7.12. The van der Waals surface area contributed by atoms with Gasteiger partial charge in [-0.25, -0.2) is 4.98 Å². The summed E-state index contributed by atoms with van der Waals surface area (Å²) >= 11 is 0. The van der Waals surface area contributed by atoms with Gasteiger partial charge in [0.25, 0.3) is 5.91 Å². The maximum Gasteiger partial charge on any atom is 0.306 e. The zero-order valence-electron chi connectivity index (χ0n) is 16.8. The molecule has 1 aromatic heterocycles. The molecule has 0 bridgehead atoms. The Kier molecular flexibility index (Phi) is 6.55. The first-order valence-electron chi connectivity index (χ1n) is 9.04. The summed E-state index contributed by atoms with van der Waals surface area (Å²) in [5.74, 6) is 0.755. The summed E-state index contributed by atoms with van der Waals surface area (Å²) in [4.78, 5) is 20.2. The molecular formula is C20H21N5O5S. The van der Waals surface area contributed by atoms with Gasteiger partial charge >= 0.3 is 10.1 Å². The molecule has 0 fully saturated rings. The zero-order valence-corrected chi connectivity index (χ0v) is 17.6. The monoisotopic (exact) mass is 443 g/mol. The van der Waals surface area contributed by atoms with Crippen molar-refractivity contribution in [1.82, 2.24) is 9.97 Å². The lowest BCUT2D eigenvalue weighted by atomic mass is 10.2. The summed E-state index contributed by atoms with van der Waals surface area (Å²) in [6.07, 6.45) is 2.29. The molecule has 0 saturated heterocycles. The minimum atomic E-state index is -3.60. The fraction of sp³-hybridized carbons (Fsp3) is 0.150. The van der Waals surface area contributed by atoms with Crippen molar-refractivity contribution in [2.45, 2.75) is 6.54 Å². The zero-order chi connectivity index (χ0) is 22.4. The van der Waals surface area contributed by atoms with Crippen LogP contribution >= 0.6 is 0 Å². The van der Waals surface area contributed by atoms with E-state index >= 15 is 0 Å². The topological polar surface area (TPSA) is 146 Å². The molecule has 0 saturated carbocycles. The van der Waals surface area contributed by atoms with Crippen LogP contribution in [0.5, 0.6) is 11.5 Å². The molecule has 0 atom stereocenters. The number of anilines is 3. The number of rotatable bonds is 9. The molecule has 0 radical (unpaired) electrons. The Labute approximate surface area is 179 Å². The lowest BCUT2D eigenvalue weighted by molar-refractivity contribution is 0.100. The smallest absolute Gasteiger partial charge is 0.306 e. The van der Waals surface area contributed by atoms with Crippen LogP contribution in [0.2, 0.25) is 0 Å². The van der Waals surface area contributed by atoms with Crippen LogP contribution in [-0.4, -0.2) is 37.7 Å². The number of nitrogens with zero attached hydrogens (tertiary/aromatic N) is 2. The van der Waals surface area contributed by atoms with Crippen molar-refractivity contribution in [3.05, 3.63) is 65.9 Å². The maximum absolute atomic E-state index is 11.7. The van der Waals surface area contributed by atoms with E-state index in [0.29, 0.717) is 12.2 Å². The maximum atomic E-state index is 11.7. The Balaban J connectivity index is 1.75. The fourth-order valence-corrected chi connectivity index (χ4v) is 3.04. The van der Waals surface area contributed by atoms with E-state index in [-0.39, 0.29) is 23.1 Å². The number of nitrogens with one attached hydrogen (secondary N) is 2. The minimum Gasteiger partial charge on any atom is -0.497 e. The second kappa shape index (κ2) is 9.30. The number of carbonyl (C=O) groups excluding carboxylic acids is 1. The highest BCUT2D eigenvalue weighted by atomic mass is 32.2. The number of benzene rings is 2. The van der Waals surface area contributed by atoms with Gasteiger partial charge in [0.15, 0.2) is 0 Å². The summed E-state index contributed by atoms with van der Waals surface area (Å²) < 4.78 is 32.3. The van der Waals surface area contributed by atoms with E-state index in [0.717, 1.165) is 17.6 Å². The normalized spacial score (nSPS) is 10.9. The first kappa shape index (κ1) is 21.8. The number of aromatic nitrogens is 2. The molecule has 0 aliphatic carbocycles. The number of hydrogen-bond donors (Lipinski definition) is 3. The number of carbonyl (C=O) groups is 1. The average Bonchev–Trinajstić information content (AvgIpc) is 2.73. The summed E-state index contributed by atoms with van der Waals surface area (Å²) in [6.45, 7) is 0.401. The minimum absolute atomic E-state index is 0.149. The van der Waals surface area contributed by atoms with Gasteiger partial charge in [-0.15, -0.1) is 0 Å². The molecule has 0 spiro atoms. The number of ether oxygens (including phenoxy) is 1. The van der Waals surface area contributed by atoms with Crippen molar-refractivity contribution in [2.75, 3.05) is 24.0 Å². The molecular weight excluding hydrogens is 422 g/mol. The number of amides is 1. The molecule has 2 aromatic carbocycles. The van der Waals surface area contributed by atoms with Crippen LogP contribution in [0.15, 0.2) is 54.7 Å². The first-order valence-corrected chi connectivity index (χ1v) is 10.9. The molecule has 31 heavy (non-hydrogen) atoms. The van der Waals surface area contributed by atoms with Gasteiger partial charge in [0, 0.05) is 18.4 Å². The standard InChI is InChI=1S/C20H21N5O5S/c1-29-15-7-3-13(4-8-15)11-22-19-17(18(21)26)12-23-20(25-19)24-14-5-9-16(10-6-14)30-31(2,27)28/h3-10,12H,11H2,1-2H3,(H2,21,26)(H2,22,23,24,25). The average molecular weight is 443 g/mol. The van der Waals surface area contributed by atoms with Crippen molar-refractivity contribution in [1.29, 1.82) is 0 Å². The lowest BCUT2D eigenvalue weighted by Gasteiger charge is -2.12. The molecule has 0 unspecified atom stereocenters. The van der Waals surface area contributed by atoms with Crippen LogP contribution in [0.4, 0.5) is 17.5 Å². The molecule has 10 nitrogen and oxygen atoms in total. The Bertz CT molecular complexity index is 1170. The van der Waals surface area contributed by atoms with E-state index in [2.05, 4.69) is 20.6 Å². The van der Waals surface area contributed by atoms with Gasteiger partial charge in [-0.3, -0.25) is 4.79 Å². The van der Waals surface area contributed by atoms with Gasteiger partial charge in [-0.05, 0) is 42.0 Å². The molecule has 3 rings (SSSR count). The molecule has 0 aliphatic rings. The Hall–Kier alpha value is -3.86. The van der Waals surface area contributed by atoms with E-state index in [1.165, 1.54) is 18.3 Å². The van der Waals surface area contributed by atoms with Crippen LogP contribution in [0.25, 0.3) is 0 Å². The van der Waals surface area contributed by atoms with Crippen molar-refractivity contribution in [2.24, 2.45) is 5.73 Å². The molecule has 0 aliphatic heterocycles. The van der Waals surface area contributed by atoms with Crippen molar-refractivity contribution >= 4 is 33.5 Å². The number of methoxy groups -OCH3 is 1. The van der Waals surface area contributed by atoms with Gasteiger partial charge in [-0.2, -0.15) is 13.4 Å². The molecule has 4 N–H and O–H groups in total. The van der Waals surface area contributed by atoms with E-state index in [4.69, 9.17) is 14.7 Å². The molecule has 1 amide bonds. The highest BCUT2D eigenvalue weighted by molar-refractivity contribution is 7.86. The van der Waals surface area contributed by atoms with Gasteiger partial charge in [0.05, 0.1) is 18.9 Å². The number of hydrogen-bond acceptors (Lipinski definition) is 9. The SMILES string of the molecule is COc1ccc(CNc2nc(Nc3ccc(OS(C)(=O)=O)cc3)ncc2C(N)=O)cc1. The van der Waals surface area contributed by atoms with E-state index in [1.807, 2.05) is 24.3 Å². The fourth-order valence-electron chi connectivity index (χ4n) is 2.58. The quantitative estimate of drug-likeness (QED) is 0.424. The second-order valence-corrected chi connectivity index (χ2v) is 8.03. The van der Waals surface area contributed by atoms with Crippen LogP contribution < -0.4 is 25.3 Å². The second-order valence-electron chi connectivity index (χ2n) is 6.46. The third-order valence-corrected chi connectivity index (χ3v) is 4.53. The third-order valence-electron chi connectivity index (χ3n) is 4.03. The predicted octanol–water partition coefficient (Wildman–Crippen LogP) is 2.28. The summed E-state index contributed by atoms with van der Waals surface area (Å²) in [5, 5.41) is 6.07. The van der Waals surface area contributed by atoms with Crippen LogP contribution in [0.1, 0.15) is 15.9 Å². The molecule has 3 aromatic rings. The molecule has 11 heteroatoms. The lowest BCUT2D eigenvalue weighted by Crippen LogP contribution is -2.17. The van der Waals surface area contributed by atoms with Crippen LogP contribution in [0, 0.1) is 0 Å². The van der Waals surface area contributed by atoms with E-state index in [9.17, 15) is 13.2 Å². The van der Waals surface area contributed by atoms with Gasteiger partial charge < -0.3 is 25.3 Å². The first-order chi connectivity index (χ1) is 14.7. The van der Waals surface area contributed by atoms with Crippen molar-refractivity contribution in [3.63, 3.8) is 0 Å². The van der Waals surface area contributed by atoms with Gasteiger partial charge in [-0.1, -0.05) is 12.1 Å². The summed E-state index contributed by atoms with van der Waals surface area (Å²) in [6, 6.07) is 13.6. The molecule has 1 heterocycles. The van der Waals surface area contributed by atoms with E-state index < -0.39 is 16.0 Å². The number of nitrogens with two attached hydrogens (primary N) is 1. The van der Waals surface area contributed by atoms with Gasteiger partial charge in [0.1, 0.15) is 17.3 Å². The van der Waals surface area contributed by atoms with Crippen molar-refractivity contribution < 1.29 is 22.1 Å². The van der Waals surface area contributed by atoms with E-state index in [1.54, 1.807) is 19.2 Å². The third kappa shape index (κ3) is 6.31. The van der Waals surface area contributed by atoms with Crippen LogP contribution in [0.3, 0.4) is 0 Å². The van der Waals surface area contributed by atoms with Gasteiger partial charge in [0.2, 0.25) is 5.95 Å². The van der Waals surface area contributed by atoms with Crippen molar-refractivity contribution in [3.8, 4) is 11.5 Å². The molecule has 162 valence electrons. The predicted molar refractivity (Wildman–Crippen MR) is 116 cm³/mol. The Morgan fingerprint density at radius 3 is 2.29 bits per heavy atom. The Morgan fingerprint density at radius 1 is 1.06 bits per heavy atom. The number of primary amides is 1. The highest BCUT2D eigenvalue weighted by Gasteiger charge is 2.13. The summed E-state index contributed by atoms with van der Waals surface area (Å²) in [7, 11) is -2.01. The Morgan fingerprint density at radius 2 is 1.71 bits per heavy atom. The highest BCUT2D eigenvalue weighted by Crippen LogP contribution is 2.21. The van der Waals surface area contributed by atoms with Crippen LogP contribution in [-0.2, 0) is 16.7 Å².